The van der Waals surface area contributed by atoms with E-state index in [9.17, 15) is 0 Å². The Bertz CT molecular complexity index is 70.8. The molecular formula is C5H14N2O. The Labute approximate surface area is 50.1 Å². The quantitative estimate of drug-likeness (QED) is 0.382. The summed E-state index contributed by atoms with van der Waals surface area (Å²) in [5.74, 6) is 5.35. The van der Waals surface area contributed by atoms with Gasteiger partial charge in [0.1, 0.15) is 0 Å². The number of likely N-dealkylation sites (N-methyl/N-ethyl adjacent to an activating group) is 1. The van der Waals surface area contributed by atoms with Crippen molar-refractivity contribution in [2.45, 2.75) is 19.4 Å². The molecule has 0 radical (unpaired) electrons. The lowest BCUT2D eigenvalue weighted by Crippen LogP contribution is -2.48. The van der Waals surface area contributed by atoms with Crippen molar-refractivity contribution in [1.82, 2.24) is 5.01 Å². The molecule has 0 aromatic heterocycles. The second-order valence-corrected chi connectivity index (χ2v) is 2.58. The van der Waals surface area contributed by atoms with Crippen molar-refractivity contribution in [3.05, 3.63) is 0 Å². The molecule has 0 amide bonds. The van der Waals surface area contributed by atoms with Gasteiger partial charge in [-0.2, -0.15) is 0 Å². The molecule has 0 saturated carbocycles. The van der Waals surface area contributed by atoms with Crippen LogP contribution in [0, 0.1) is 0 Å². The molecule has 3 nitrogen and oxygen atoms in total. The summed E-state index contributed by atoms with van der Waals surface area (Å²) < 4.78 is 0. The number of hydrogen-bond acceptors (Lipinski definition) is 3. The molecular weight excluding hydrogens is 104 g/mol. The minimum absolute atomic E-state index is 0.0833. The van der Waals surface area contributed by atoms with Crippen molar-refractivity contribution in [3.8, 4) is 0 Å². The van der Waals surface area contributed by atoms with Crippen LogP contribution in [-0.2, 0) is 0 Å². The van der Waals surface area contributed by atoms with E-state index in [1.165, 1.54) is 5.01 Å². The zero-order valence-electron chi connectivity index (χ0n) is 5.68. The van der Waals surface area contributed by atoms with Crippen LogP contribution in [0.2, 0.25) is 0 Å². The number of hydrogen-bond donors (Lipinski definition) is 2. The van der Waals surface area contributed by atoms with Crippen LogP contribution in [-0.4, -0.2) is 29.3 Å². The SMILES string of the molecule is CN(N)C(C)(C)CO. The minimum atomic E-state index is -0.292. The molecule has 0 unspecified atom stereocenters. The highest BCUT2D eigenvalue weighted by Gasteiger charge is 2.18. The van der Waals surface area contributed by atoms with Crippen LogP contribution in [0.3, 0.4) is 0 Å². The molecule has 50 valence electrons. The van der Waals surface area contributed by atoms with Gasteiger partial charge in [-0.3, -0.25) is 5.84 Å². The first-order valence-corrected chi connectivity index (χ1v) is 2.60. The first kappa shape index (κ1) is 7.88. The van der Waals surface area contributed by atoms with Crippen LogP contribution in [0.15, 0.2) is 0 Å². The molecule has 0 fully saturated rings. The Morgan fingerprint density at radius 1 is 1.62 bits per heavy atom. The summed E-state index contributed by atoms with van der Waals surface area (Å²) in [5.41, 5.74) is -0.292. The fraction of sp³-hybridized carbons (Fsp3) is 1.00. The van der Waals surface area contributed by atoms with Gasteiger partial charge < -0.3 is 5.11 Å². The standard InChI is InChI=1S/C5H14N2O/c1-5(2,4-8)7(3)6/h8H,4,6H2,1-3H3. The van der Waals surface area contributed by atoms with E-state index in [4.69, 9.17) is 10.9 Å². The van der Waals surface area contributed by atoms with Crippen molar-refractivity contribution in [3.63, 3.8) is 0 Å². The fourth-order valence-corrected chi connectivity index (χ4v) is 0.112. The van der Waals surface area contributed by atoms with E-state index >= 15 is 0 Å². The molecule has 3 heteroatoms. The minimum Gasteiger partial charge on any atom is -0.394 e. The first-order chi connectivity index (χ1) is 3.50. The van der Waals surface area contributed by atoms with Gasteiger partial charge in [0.15, 0.2) is 0 Å². The van der Waals surface area contributed by atoms with E-state index in [0.717, 1.165) is 0 Å². The summed E-state index contributed by atoms with van der Waals surface area (Å²) in [6, 6.07) is 0. The maximum atomic E-state index is 8.64. The lowest BCUT2D eigenvalue weighted by Gasteiger charge is -2.29. The fourth-order valence-electron chi connectivity index (χ4n) is 0.112. The predicted octanol–water partition coefficient (Wildman–Crippen LogP) is -0.437. The molecule has 0 aliphatic carbocycles. The summed E-state index contributed by atoms with van der Waals surface area (Å²) in [4.78, 5) is 0. The van der Waals surface area contributed by atoms with Gasteiger partial charge in [-0.05, 0) is 13.8 Å². The monoisotopic (exact) mass is 118 g/mol. The molecule has 0 aromatic rings. The topological polar surface area (TPSA) is 49.5 Å². The molecule has 3 N–H and O–H groups in total. The zero-order chi connectivity index (χ0) is 6.78. The van der Waals surface area contributed by atoms with Crippen LogP contribution in [0.25, 0.3) is 0 Å². The van der Waals surface area contributed by atoms with Gasteiger partial charge in [-0.25, -0.2) is 5.01 Å². The summed E-state index contributed by atoms with van der Waals surface area (Å²) in [7, 11) is 1.73. The summed E-state index contributed by atoms with van der Waals surface area (Å²) in [5, 5.41) is 10.1. The van der Waals surface area contributed by atoms with E-state index < -0.39 is 0 Å². The molecule has 0 rings (SSSR count). The molecule has 0 bridgehead atoms. The van der Waals surface area contributed by atoms with E-state index in [2.05, 4.69) is 0 Å². The third kappa shape index (κ3) is 1.78. The summed E-state index contributed by atoms with van der Waals surface area (Å²) >= 11 is 0. The average molecular weight is 118 g/mol. The van der Waals surface area contributed by atoms with Crippen molar-refractivity contribution < 1.29 is 5.11 Å². The Morgan fingerprint density at radius 2 is 2.00 bits per heavy atom. The molecule has 8 heavy (non-hydrogen) atoms. The maximum absolute atomic E-state index is 8.64. The van der Waals surface area contributed by atoms with Gasteiger partial charge in [-0.15, -0.1) is 0 Å². The average Bonchev–Trinajstić information content (AvgIpc) is 1.67. The summed E-state index contributed by atoms with van der Waals surface area (Å²) in [6.45, 7) is 3.82. The highest BCUT2D eigenvalue weighted by Crippen LogP contribution is 2.04. The number of aliphatic hydroxyl groups excluding tert-OH is 1. The molecule has 0 saturated heterocycles. The van der Waals surface area contributed by atoms with Gasteiger partial charge in [0.25, 0.3) is 0 Å². The van der Waals surface area contributed by atoms with Gasteiger partial charge in [0.05, 0.1) is 12.1 Å². The maximum Gasteiger partial charge on any atom is 0.0623 e. The molecule has 0 aliphatic heterocycles. The van der Waals surface area contributed by atoms with E-state index in [-0.39, 0.29) is 12.1 Å². The molecule has 0 heterocycles. The number of aliphatic hydroxyl groups is 1. The highest BCUT2D eigenvalue weighted by molar-refractivity contribution is 4.73. The summed E-state index contributed by atoms with van der Waals surface area (Å²) in [6.07, 6.45) is 0. The normalized spacial score (nSPS) is 12.8. The second-order valence-electron chi connectivity index (χ2n) is 2.58. The lowest BCUT2D eigenvalue weighted by molar-refractivity contribution is 0.0796. The van der Waals surface area contributed by atoms with E-state index in [0.29, 0.717) is 0 Å². The van der Waals surface area contributed by atoms with Crippen LogP contribution in [0.4, 0.5) is 0 Å². The van der Waals surface area contributed by atoms with Crippen molar-refractivity contribution in [1.29, 1.82) is 0 Å². The predicted molar refractivity (Wildman–Crippen MR) is 33.1 cm³/mol. The van der Waals surface area contributed by atoms with Gasteiger partial charge >= 0.3 is 0 Å². The Balaban J connectivity index is 3.71. The van der Waals surface area contributed by atoms with Crippen LogP contribution in [0.1, 0.15) is 13.8 Å². The molecule has 0 aliphatic rings. The third-order valence-electron chi connectivity index (χ3n) is 1.34. The molecule has 0 atom stereocenters. The Morgan fingerprint density at radius 3 is 2.00 bits per heavy atom. The van der Waals surface area contributed by atoms with Crippen molar-refractivity contribution >= 4 is 0 Å². The second kappa shape index (κ2) is 2.44. The Hall–Kier alpha value is -0.120. The number of nitrogens with two attached hydrogens (primary N) is 1. The molecule has 0 aromatic carbocycles. The number of nitrogens with zero attached hydrogens (tertiary/aromatic N) is 1. The zero-order valence-corrected chi connectivity index (χ0v) is 5.68. The highest BCUT2D eigenvalue weighted by atomic mass is 16.3. The van der Waals surface area contributed by atoms with E-state index in [1.807, 2.05) is 13.8 Å². The smallest absolute Gasteiger partial charge is 0.0623 e. The number of rotatable bonds is 2. The van der Waals surface area contributed by atoms with Gasteiger partial charge in [0, 0.05) is 7.05 Å². The van der Waals surface area contributed by atoms with Gasteiger partial charge in [0.2, 0.25) is 0 Å². The van der Waals surface area contributed by atoms with Crippen LogP contribution < -0.4 is 5.84 Å². The largest absolute Gasteiger partial charge is 0.394 e. The lowest BCUT2D eigenvalue weighted by atomic mass is 10.1. The van der Waals surface area contributed by atoms with Crippen LogP contribution in [0.5, 0.6) is 0 Å². The third-order valence-corrected chi connectivity index (χ3v) is 1.34. The van der Waals surface area contributed by atoms with E-state index in [1.54, 1.807) is 7.05 Å². The van der Waals surface area contributed by atoms with Gasteiger partial charge in [-0.1, -0.05) is 0 Å². The Kier molecular flexibility index (Phi) is 2.40. The van der Waals surface area contributed by atoms with Crippen LogP contribution >= 0.6 is 0 Å². The molecule has 0 spiro atoms. The number of hydrazine groups is 1. The van der Waals surface area contributed by atoms with Crippen molar-refractivity contribution in [2.75, 3.05) is 13.7 Å². The van der Waals surface area contributed by atoms with Crippen molar-refractivity contribution in [2.24, 2.45) is 5.84 Å². The first-order valence-electron chi connectivity index (χ1n) is 2.60.